The summed E-state index contributed by atoms with van der Waals surface area (Å²) in [7, 11) is 0. The maximum absolute atomic E-state index is 13.9. The molecule has 1 aliphatic heterocycles. The number of hydrogen-bond acceptors (Lipinski definition) is 6. The fourth-order valence-corrected chi connectivity index (χ4v) is 6.45. The van der Waals surface area contributed by atoms with Gasteiger partial charge >= 0.3 is 0 Å². The number of rotatable bonds is 11. The number of carbonyl (C=O) groups excluding carboxylic acids is 1. The maximum Gasteiger partial charge on any atom is 0.271 e. The first kappa shape index (κ1) is 33.7. The minimum atomic E-state index is -0.214. The zero-order chi connectivity index (χ0) is 33.5. The minimum absolute atomic E-state index is 0.214. The number of thioether (sulfide) groups is 1. The van der Waals surface area contributed by atoms with Crippen molar-refractivity contribution in [3.05, 3.63) is 151 Å². The molecule has 6 nitrogen and oxygen atoms in total. The zero-order valence-electron chi connectivity index (χ0n) is 25.7. The summed E-state index contributed by atoms with van der Waals surface area (Å²) in [5, 5.41) is 1.68. The van der Waals surface area contributed by atoms with E-state index in [9.17, 15) is 4.79 Å². The number of aliphatic imine (C=N–C) groups is 1. The molecule has 5 aromatic carbocycles. The Kier molecular flexibility index (Phi) is 11.1. The Hall–Kier alpha value is -4.21. The largest absolute Gasteiger partial charge is 0.490 e. The van der Waals surface area contributed by atoms with Crippen molar-refractivity contribution in [3.63, 3.8) is 0 Å². The minimum Gasteiger partial charge on any atom is -0.490 e. The number of ether oxygens (including phenoxy) is 3. The SMILES string of the molecule is CCOc1cc(COc2ccc(Br)cc2/C=C2/SC(=Nc3ccc(Cl)cc3)N(c3ccc(Cl)cc3)C2=O)ccc1OCc1ccccc1. The van der Waals surface area contributed by atoms with E-state index >= 15 is 0 Å². The summed E-state index contributed by atoms with van der Waals surface area (Å²) < 4.78 is 19.2. The van der Waals surface area contributed by atoms with Crippen LogP contribution in [0.3, 0.4) is 0 Å². The van der Waals surface area contributed by atoms with Crippen LogP contribution in [-0.2, 0) is 18.0 Å². The van der Waals surface area contributed by atoms with Crippen LogP contribution < -0.4 is 19.1 Å². The van der Waals surface area contributed by atoms with E-state index in [0.29, 0.717) is 62.0 Å². The fraction of sp³-hybridized carbons (Fsp3) is 0.105. The number of nitrogens with zero attached hydrogens (tertiary/aromatic N) is 2. The Morgan fingerprint density at radius 3 is 2.15 bits per heavy atom. The van der Waals surface area contributed by atoms with E-state index in [4.69, 9.17) is 42.4 Å². The number of anilines is 1. The van der Waals surface area contributed by atoms with Gasteiger partial charge in [-0.1, -0.05) is 75.5 Å². The Bertz CT molecular complexity index is 1970. The molecule has 6 rings (SSSR count). The molecule has 0 aromatic heterocycles. The predicted octanol–water partition coefficient (Wildman–Crippen LogP) is 11.1. The van der Waals surface area contributed by atoms with Crippen molar-refractivity contribution in [3.8, 4) is 17.2 Å². The van der Waals surface area contributed by atoms with E-state index in [0.717, 1.165) is 21.2 Å². The van der Waals surface area contributed by atoms with Gasteiger partial charge in [-0.25, -0.2) is 4.99 Å². The second kappa shape index (κ2) is 15.8. The van der Waals surface area contributed by atoms with Crippen LogP contribution in [0.15, 0.2) is 130 Å². The molecule has 0 radical (unpaired) electrons. The molecule has 1 aliphatic rings. The van der Waals surface area contributed by atoms with Crippen molar-refractivity contribution >= 4 is 79.4 Å². The van der Waals surface area contributed by atoms with Crippen molar-refractivity contribution in [1.29, 1.82) is 0 Å². The molecular formula is C38H29BrCl2N2O4S. The van der Waals surface area contributed by atoms with Gasteiger partial charge in [0.05, 0.1) is 22.9 Å². The molecule has 10 heteroatoms. The first-order chi connectivity index (χ1) is 23.4. The lowest BCUT2D eigenvalue weighted by Gasteiger charge is -2.16. The summed E-state index contributed by atoms with van der Waals surface area (Å²) in [5.41, 5.74) is 4.04. The summed E-state index contributed by atoms with van der Waals surface area (Å²) in [4.78, 5) is 20.8. The lowest BCUT2D eigenvalue weighted by Crippen LogP contribution is -2.28. The number of carbonyl (C=O) groups is 1. The van der Waals surface area contributed by atoms with E-state index in [-0.39, 0.29) is 12.5 Å². The number of hydrogen-bond donors (Lipinski definition) is 0. The third-order valence-electron chi connectivity index (χ3n) is 7.14. The zero-order valence-corrected chi connectivity index (χ0v) is 29.7. The quantitative estimate of drug-likeness (QED) is 0.126. The molecule has 0 aliphatic carbocycles. The van der Waals surface area contributed by atoms with Gasteiger partial charge in [0.15, 0.2) is 16.7 Å². The van der Waals surface area contributed by atoms with Crippen molar-refractivity contribution in [2.45, 2.75) is 20.1 Å². The Labute approximate surface area is 302 Å². The van der Waals surface area contributed by atoms with Gasteiger partial charge in [-0.05, 0) is 115 Å². The van der Waals surface area contributed by atoms with Gasteiger partial charge in [0.25, 0.3) is 5.91 Å². The molecule has 1 heterocycles. The van der Waals surface area contributed by atoms with Crippen LogP contribution in [0.25, 0.3) is 6.08 Å². The molecule has 1 amide bonds. The van der Waals surface area contributed by atoms with E-state index < -0.39 is 0 Å². The lowest BCUT2D eigenvalue weighted by atomic mass is 10.1. The summed E-state index contributed by atoms with van der Waals surface area (Å²) >= 11 is 17.1. The highest BCUT2D eigenvalue weighted by Crippen LogP contribution is 2.39. The first-order valence-electron chi connectivity index (χ1n) is 15.0. The normalized spacial score (nSPS) is 14.5. The molecule has 0 N–H and O–H groups in total. The van der Waals surface area contributed by atoms with Crippen molar-refractivity contribution in [1.82, 2.24) is 0 Å². The molecule has 242 valence electrons. The molecule has 48 heavy (non-hydrogen) atoms. The number of benzene rings is 5. The maximum atomic E-state index is 13.9. The highest BCUT2D eigenvalue weighted by atomic mass is 79.9. The molecule has 5 aromatic rings. The van der Waals surface area contributed by atoms with Crippen LogP contribution >= 0.6 is 50.9 Å². The number of amides is 1. The summed E-state index contributed by atoms with van der Waals surface area (Å²) in [6.07, 6.45) is 1.83. The first-order valence-corrected chi connectivity index (χ1v) is 17.4. The standard InChI is InChI=1S/C38H29BrCl2N2O4S/c1-2-45-35-20-26(8-18-34(35)47-23-25-6-4-3-5-7-25)24-46-33-19-9-28(39)21-27(33)22-36-37(44)43(32-16-12-30(41)13-17-32)38(48-36)42-31-14-10-29(40)11-15-31/h3-22H,2,23-24H2,1H3/b36-22+,42-38?. The topological polar surface area (TPSA) is 60.4 Å². The van der Waals surface area contributed by atoms with E-state index in [1.165, 1.54) is 11.8 Å². The van der Waals surface area contributed by atoms with Gasteiger partial charge < -0.3 is 14.2 Å². The van der Waals surface area contributed by atoms with Gasteiger partial charge in [0.1, 0.15) is 19.0 Å². The fourth-order valence-electron chi connectivity index (χ4n) is 4.82. The molecule has 1 fully saturated rings. The van der Waals surface area contributed by atoms with E-state index in [1.807, 2.05) is 79.7 Å². The summed E-state index contributed by atoms with van der Waals surface area (Å²) in [5.74, 6) is 1.71. The van der Waals surface area contributed by atoms with Gasteiger partial charge in [0, 0.05) is 20.1 Å². The highest BCUT2D eigenvalue weighted by Gasteiger charge is 2.35. The predicted molar refractivity (Wildman–Crippen MR) is 200 cm³/mol. The number of halogens is 3. The van der Waals surface area contributed by atoms with E-state index in [1.54, 1.807) is 53.4 Å². The Morgan fingerprint density at radius 1 is 0.750 bits per heavy atom. The van der Waals surface area contributed by atoms with Crippen LogP contribution in [0.5, 0.6) is 17.2 Å². The highest BCUT2D eigenvalue weighted by molar-refractivity contribution is 9.10. The van der Waals surface area contributed by atoms with Gasteiger partial charge in [0.2, 0.25) is 0 Å². The number of amidine groups is 1. The average Bonchev–Trinajstić information content (AvgIpc) is 3.39. The average molecular weight is 761 g/mol. The molecule has 0 unspecified atom stereocenters. The van der Waals surface area contributed by atoms with Crippen LogP contribution in [-0.4, -0.2) is 17.7 Å². The van der Waals surface area contributed by atoms with E-state index in [2.05, 4.69) is 15.9 Å². The second-order valence-corrected chi connectivity index (χ2v) is 13.4. The second-order valence-electron chi connectivity index (χ2n) is 10.6. The van der Waals surface area contributed by atoms with Crippen LogP contribution in [0, 0.1) is 0 Å². The molecule has 0 saturated carbocycles. The molecule has 0 bridgehead atoms. The monoisotopic (exact) mass is 758 g/mol. The van der Waals surface area contributed by atoms with Gasteiger partial charge in [-0.2, -0.15) is 0 Å². The molecule has 1 saturated heterocycles. The third-order valence-corrected chi connectivity index (χ3v) is 9.11. The Balaban J connectivity index is 1.25. The molecular weight excluding hydrogens is 731 g/mol. The van der Waals surface area contributed by atoms with Crippen LogP contribution in [0.4, 0.5) is 11.4 Å². The Morgan fingerprint density at radius 2 is 1.42 bits per heavy atom. The smallest absolute Gasteiger partial charge is 0.271 e. The van der Waals surface area contributed by atoms with Crippen LogP contribution in [0.2, 0.25) is 10.0 Å². The lowest BCUT2D eigenvalue weighted by molar-refractivity contribution is -0.113. The van der Waals surface area contributed by atoms with Crippen LogP contribution in [0.1, 0.15) is 23.6 Å². The van der Waals surface area contributed by atoms with Crippen molar-refractivity contribution in [2.24, 2.45) is 4.99 Å². The third kappa shape index (κ3) is 8.44. The summed E-state index contributed by atoms with van der Waals surface area (Å²) in [6.45, 7) is 3.15. The molecule has 0 spiro atoms. The van der Waals surface area contributed by atoms with Gasteiger partial charge in [-0.15, -0.1) is 0 Å². The summed E-state index contributed by atoms with van der Waals surface area (Å²) in [6, 6.07) is 35.7. The van der Waals surface area contributed by atoms with Crippen molar-refractivity contribution < 1.29 is 19.0 Å². The molecule has 0 atom stereocenters. The van der Waals surface area contributed by atoms with Gasteiger partial charge in [-0.3, -0.25) is 9.69 Å². The van der Waals surface area contributed by atoms with Crippen molar-refractivity contribution in [2.75, 3.05) is 11.5 Å².